The maximum absolute atomic E-state index is 12.4. The van der Waals surface area contributed by atoms with Crippen LogP contribution in [-0.2, 0) is 6.18 Å². The van der Waals surface area contributed by atoms with Gasteiger partial charge in [-0.15, -0.1) is 0 Å². The van der Waals surface area contributed by atoms with Gasteiger partial charge in [0.15, 0.2) is 5.76 Å². The minimum Gasteiger partial charge on any atom is -0.379 e. The largest absolute Gasteiger partial charge is 0.416 e. The Morgan fingerprint density at radius 1 is 1.21 bits per heavy atom. The molecule has 2 rings (SSSR count). The zero-order valence-electron chi connectivity index (χ0n) is 9.87. The summed E-state index contributed by atoms with van der Waals surface area (Å²) in [6, 6.07) is 4.70. The van der Waals surface area contributed by atoms with Crippen molar-refractivity contribution in [3.05, 3.63) is 36.0 Å². The minimum atomic E-state index is -4.35. The van der Waals surface area contributed by atoms with Crippen LogP contribution in [-0.4, -0.2) is 18.2 Å². The summed E-state index contributed by atoms with van der Waals surface area (Å²) in [5.74, 6) is 0.391. The van der Waals surface area contributed by atoms with Gasteiger partial charge in [0.1, 0.15) is 5.69 Å². The van der Waals surface area contributed by atoms with Crippen LogP contribution in [0.2, 0.25) is 0 Å². The normalized spacial score (nSPS) is 11.6. The van der Waals surface area contributed by atoms with Gasteiger partial charge in [-0.05, 0) is 12.1 Å². The van der Waals surface area contributed by atoms with Gasteiger partial charge in [-0.2, -0.15) is 13.2 Å². The van der Waals surface area contributed by atoms with Gasteiger partial charge in [0.25, 0.3) is 0 Å². The summed E-state index contributed by atoms with van der Waals surface area (Å²) in [6.07, 6.45) is -2.89. The Bertz CT molecular complexity index is 534. The molecule has 3 N–H and O–H groups in total. The molecule has 0 aliphatic carbocycles. The molecule has 0 atom stereocenters. The smallest absolute Gasteiger partial charge is 0.379 e. The number of rotatable bonds is 4. The predicted molar refractivity (Wildman–Crippen MR) is 64.5 cm³/mol. The summed E-state index contributed by atoms with van der Waals surface area (Å²) in [5.41, 5.74) is 5.78. The molecule has 0 aliphatic heterocycles. The Labute approximate surface area is 107 Å². The number of anilines is 1. The van der Waals surface area contributed by atoms with Crippen LogP contribution in [0.3, 0.4) is 0 Å². The number of aromatic nitrogens is 1. The van der Waals surface area contributed by atoms with Gasteiger partial charge in [-0.3, -0.25) is 0 Å². The van der Waals surface area contributed by atoms with Crippen molar-refractivity contribution in [2.45, 2.75) is 6.18 Å². The highest BCUT2D eigenvalue weighted by Crippen LogP contribution is 2.32. The molecule has 0 fully saturated rings. The first-order valence-corrected chi connectivity index (χ1v) is 5.58. The van der Waals surface area contributed by atoms with Crippen molar-refractivity contribution in [1.82, 2.24) is 5.16 Å². The number of nitrogens with one attached hydrogen (secondary N) is 1. The molecule has 0 spiro atoms. The molecule has 2 aromatic rings. The van der Waals surface area contributed by atoms with Crippen LogP contribution in [0.5, 0.6) is 0 Å². The first kappa shape index (κ1) is 13.4. The number of hydrogen-bond acceptors (Lipinski definition) is 4. The highest BCUT2D eigenvalue weighted by Gasteiger charge is 2.30. The van der Waals surface area contributed by atoms with E-state index in [0.29, 0.717) is 30.1 Å². The van der Waals surface area contributed by atoms with E-state index < -0.39 is 11.7 Å². The highest BCUT2D eigenvalue weighted by atomic mass is 19.4. The van der Waals surface area contributed by atoms with Crippen molar-refractivity contribution in [3.8, 4) is 11.3 Å². The molecular weight excluding hydrogens is 259 g/mol. The molecule has 0 saturated carbocycles. The van der Waals surface area contributed by atoms with E-state index in [4.69, 9.17) is 10.3 Å². The van der Waals surface area contributed by atoms with Gasteiger partial charge in [0, 0.05) is 18.7 Å². The topological polar surface area (TPSA) is 64.1 Å². The molecule has 0 radical (unpaired) electrons. The van der Waals surface area contributed by atoms with E-state index in [-0.39, 0.29) is 0 Å². The molecule has 1 aromatic carbocycles. The molecule has 0 amide bonds. The van der Waals surface area contributed by atoms with Gasteiger partial charge in [-0.25, -0.2) is 0 Å². The number of alkyl halides is 3. The minimum absolute atomic E-state index is 0.391. The SMILES string of the molecule is NCCNc1cnoc1-c1ccc(C(F)(F)F)cc1. The summed E-state index contributed by atoms with van der Waals surface area (Å²) < 4.78 is 42.4. The Morgan fingerprint density at radius 2 is 1.89 bits per heavy atom. The van der Waals surface area contributed by atoms with Crippen molar-refractivity contribution in [2.24, 2.45) is 5.73 Å². The summed E-state index contributed by atoms with van der Waals surface area (Å²) in [4.78, 5) is 0. The van der Waals surface area contributed by atoms with Gasteiger partial charge in [0.2, 0.25) is 0 Å². The van der Waals surface area contributed by atoms with Crippen LogP contribution in [0.1, 0.15) is 5.56 Å². The van der Waals surface area contributed by atoms with Crippen molar-refractivity contribution >= 4 is 5.69 Å². The van der Waals surface area contributed by atoms with Crippen LogP contribution in [0.15, 0.2) is 35.0 Å². The van der Waals surface area contributed by atoms with E-state index in [1.54, 1.807) is 0 Å². The average Bonchev–Trinajstić information content (AvgIpc) is 2.83. The molecular formula is C12H12F3N3O. The van der Waals surface area contributed by atoms with Crippen molar-refractivity contribution in [1.29, 1.82) is 0 Å². The summed E-state index contributed by atoms with van der Waals surface area (Å²) in [6.45, 7) is 0.951. The van der Waals surface area contributed by atoms with Crippen molar-refractivity contribution in [2.75, 3.05) is 18.4 Å². The highest BCUT2D eigenvalue weighted by molar-refractivity contribution is 5.72. The van der Waals surface area contributed by atoms with E-state index in [1.165, 1.54) is 18.3 Å². The Balaban J connectivity index is 2.25. The van der Waals surface area contributed by atoms with E-state index in [2.05, 4.69) is 10.5 Å². The molecule has 1 aromatic heterocycles. The average molecular weight is 271 g/mol. The Hall–Kier alpha value is -2.02. The maximum atomic E-state index is 12.4. The molecule has 7 heteroatoms. The Kier molecular flexibility index (Phi) is 3.75. The van der Waals surface area contributed by atoms with Gasteiger partial charge in [-0.1, -0.05) is 17.3 Å². The fourth-order valence-corrected chi connectivity index (χ4v) is 1.59. The van der Waals surface area contributed by atoms with Crippen LogP contribution >= 0.6 is 0 Å². The van der Waals surface area contributed by atoms with Crippen LogP contribution < -0.4 is 11.1 Å². The number of nitrogens with zero attached hydrogens (tertiary/aromatic N) is 1. The van der Waals surface area contributed by atoms with Gasteiger partial charge >= 0.3 is 6.18 Å². The summed E-state index contributed by atoms with van der Waals surface area (Å²) >= 11 is 0. The zero-order valence-corrected chi connectivity index (χ0v) is 9.87. The van der Waals surface area contributed by atoms with E-state index in [1.807, 2.05) is 0 Å². The van der Waals surface area contributed by atoms with Crippen LogP contribution in [0, 0.1) is 0 Å². The standard InChI is InChI=1S/C12H12F3N3O/c13-12(14,15)9-3-1-8(2-4-9)11-10(7-18-19-11)17-6-5-16/h1-4,7,17H,5-6,16H2. The third kappa shape index (κ3) is 3.05. The zero-order chi connectivity index (χ0) is 13.9. The molecule has 0 bridgehead atoms. The molecule has 102 valence electrons. The molecule has 0 saturated heterocycles. The fourth-order valence-electron chi connectivity index (χ4n) is 1.59. The van der Waals surface area contributed by atoms with Gasteiger partial charge in [0.05, 0.1) is 11.8 Å². The van der Waals surface area contributed by atoms with E-state index in [9.17, 15) is 13.2 Å². The lowest BCUT2D eigenvalue weighted by atomic mass is 10.1. The number of benzene rings is 1. The van der Waals surface area contributed by atoms with E-state index in [0.717, 1.165) is 12.1 Å². The molecule has 0 unspecified atom stereocenters. The lowest BCUT2D eigenvalue weighted by molar-refractivity contribution is -0.137. The second-order valence-electron chi connectivity index (χ2n) is 3.86. The molecule has 0 aliphatic rings. The lowest BCUT2D eigenvalue weighted by Gasteiger charge is -2.07. The number of halogens is 3. The van der Waals surface area contributed by atoms with Crippen molar-refractivity contribution in [3.63, 3.8) is 0 Å². The fraction of sp³-hybridized carbons (Fsp3) is 0.250. The quantitative estimate of drug-likeness (QED) is 0.897. The van der Waals surface area contributed by atoms with E-state index >= 15 is 0 Å². The van der Waals surface area contributed by atoms with Crippen molar-refractivity contribution < 1.29 is 17.7 Å². The third-order valence-corrected chi connectivity index (χ3v) is 2.50. The molecule has 4 nitrogen and oxygen atoms in total. The summed E-state index contributed by atoms with van der Waals surface area (Å²) in [5, 5.41) is 6.60. The van der Waals surface area contributed by atoms with Gasteiger partial charge < -0.3 is 15.6 Å². The number of nitrogens with two attached hydrogens (primary N) is 1. The lowest BCUT2D eigenvalue weighted by Crippen LogP contribution is -2.13. The summed E-state index contributed by atoms with van der Waals surface area (Å²) in [7, 11) is 0. The first-order valence-electron chi connectivity index (χ1n) is 5.58. The first-order chi connectivity index (χ1) is 9.02. The van der Waals surface area contributed by atoms with Crippen LogP contribution in [0.4, 0.5) is 18.9 Å². The predicted octanol–water partition coefficient (Wildman–Crippen LogP) is 2.73. The number of hydrogen-bond donors (Lipinski definition) is 2. The monoisotopic (exact) mass is 271 g/mol. The molecule has 1 heterocycles. The molecule has 19 heavy (non-hydrogen) atoms. The third-order valence-electron chi connectivity index (χ3n) is 2.50. The Morgan fingerprint density at radius 3 is 2.47 bits per heavy atom. The maximum Gasteiger partial charge on any atom is 0.416 e. The second-order valence-corrected chi connectivity index (χ2v) is 3.86. The second kappa shape index (κ2) is 5.31. The van der Waals surface area contributed by atoms with Crippen LogP contribution in [0.25, 0.3) is 11.3 Å².